The normalized spacial score (nSPS) is 10.4. The predicted octanol–water partition coefficient (Wildman–Crippen LogP) is 6.11. The molecule has 0 aliphatic heterocycles. The molecule has 0 spiro atoms. The highest BCUT2D eigenvalue weighted by atomic mass is 79.9. The third-order valence-electron chi connectivity index (χ3n) is 3.73. The maximum Gasteiger partial charge on any atom is 0.256 e. The van der Waals surface area contributed by atoms with E-state index in [-0.39, 0.29) is 5.56 Å². The number of hydrogen-bond donors (Lipinski definition) is 2. The number of amides is 1. The van der Waals surface area contributed by atoms with Crippen molar-refractivity contribution in [2.45, 2.75) is 6.54 Å². The molecule has 3 rings (SSSR count). The van der Waals surface area contributed by atoms with Gasteiger partial charge in [-0.15, -0.1) is 0 Å². The zero-order valence-electron chi connectivity index (χ0n) is 13.6. The van der Waals surface area contributed by atoms with Crippen LogP contribution >= 0.6 is 27.5 Å². The van der Waals surface area contributed by atoms with Gasteiger partial charge in [0.2, 0.25) is 0 Å². The monoisotopic (exact) mass is 432 g/mol. The summed E-state index contributed by atoms with van der Waals surface area (Å²) in [6.07, 6.45) is 0. The third kappa shape index (κ3) is 4.62. The molecule has 0 atom stereocenters. The number of carbonyl (C=O) groups is 1. The highest BCUT2D eigenvalue weighted by Crippen LogP contribution is 2.27. The quantitative estimate of drug-likeness (QED) is 0.510. The van der Waals surface area contributed by atoms with Crippen LogP contribution in [0.4, 0.5) is 15.8 Å². The Labute approximate surface area is 164 Å². The van der Waals surface area contributed by atoms with Crippen LogP contribution in [0, 0.1) is 5.82 Å². The SMILES string of the molecule is O=C(Nc1ccc(NCc2ccccc2)c(Cl)c1)c1cc(F)ccc1Br. The first kappa shape index (κ1) is 18.4. The zero-order valence-corrected chi connectivity index (χ0v) is 15.9. The average molecular weight is 434 g/mol. The minimum atomic E-state index is -0.475. The fraction of sp³-hybridized carbons (Fsp3) is 0.0500. The molecule has 3 aromatic rings. The third-order valence-corrected chi connectivity index (χ3v) is 4.73. The van der Waals surface area contributed by atoms with Gasteiger partial charge in [0.25, 0.3) is 5.91 Å². The van der Waals surface area contributed by atoms with Gasteiger partial charge >= 0.3 is 0 Å². The lowest BCUT2D eigenvalue weighted by Crippen LogP contribution is -2.13. The van der Waals surface area contributed by atoms with Crippen LogP contribution in [-0.4, -0.2) is 5.91 Å². The van der Waals surface area contributed by atoms with Crippen molar-refractivity contribution in [1.82, 2.24) is 0 Å². The standard InChI is InChI=1S/C20H15BrClFN2O/c21-17-8-6-14(23)10-16(17)20(26)25-15-7-9-19(18(22)11-15)24-12-13-4-2-1-3-5-13/h1-11,24H,12H2,(H,25,26). The van der Waals surface area contributed by atoms with Crippen molar-refractivity contribution < 1.29 is 9.18 Å². The van der Waals surface area contributed by atoms with Gasteiger partial charge < -0.3 is 10.6 Å². The van der Waals surface area contributed by atoms with Gasteiger partial charge in [0.15, 0.2) is 0 Å². The number of benzene rings is 3. The number of rotatable bonds is 5. The van der Waals surface area contributed by atoms with Crippen molar-refractivity contribution in [3.05, 3.63) is 93.2 Å². The fourth-order valence-electron chi connectivity index (χ4n) is 2.40. The molecule has 0 aliphatic carbocycles. The lowest BCUT2D eigenvalue weighted by atomic mass is 10.2. The summed E-state index contributed by atoms with van der Waals surface area (Å²) in [7, 11) is 0. The van der Waals surface area contributed by atoms with Crippen molar-refractivity contribution >= 4 is 44.8 Å². The van der Waals surface area contributed by atoms with Crippen LogP contribution in [0.1, 0.15) is 15.9 Å². The Balaban J connectivity index is 1.69. The Hall–Kier alpha value is -2.37. The fourth-order valence-corrected chi connectivity index (χ4v) is 3.07. The summed E-state index contributed by atoms with van der Waals surface area (Å²) >= 11 is 9.55. The van der Waals surface area contributed by atoms with E-state index in [4.69, 9.17) is 11.6 Å². The molecular formula is C20H15BrClFN2O. The molecule has 6 heteroatoms. The molecule has 0 bridgehead atoms. The highest BCUT2D eigenvalue weighted by molar-refractivity contribution is 9.10. The lowest BCUT2D eigenvalue weighted by Gasteiger charge is -2.11. The van der Waals surface area contributed by atoms with Crippen LogP contribution in [0.25, 0.3) is 0 Å². The Morgan fingerprint density at radius 2 is 1.81 bits per heavy atom. The van der Waals surface area contributed by atoms with E-state index in [2.05, 4.69) is 26.6 Å². The van der Waals surface area contributed by atoms with E-state index in [1.807, 2.05) is 30.3 Å². The zero-order chi connectivity index (χ0) is 18.5. The molecule has 0 fully saturated rings. The number of hydrogen-bond acceptors (Lipinski definition) is 2. The van der Waals surface area contributed by atoms with Gasteiger partial charge in [-0.25, -0.2) is 4.39 Å². The molecule has 3 aromatic carbocycles. The second-order valence-electron chi connectivity index (χ2n) is 5.61. The van der Waals surface area contributed by atoms with Crippen molar-refractivity contribution in [2.75, 3.05) is 10.6 Å². The van der Waals surface area contributed by atoms with E-state index in [1.54, 1.807) is 18.2 Å². The number of nitrogens with one attached hydrogen (secondary N) is 2. The molecule has 0 saturated carbocycles. The van der Waals surface area contributed by atoms with E-state index in [0.717, 1.165) is 11.3 Å². The molecule has 0 aliphatic rings. The van der Waals surface area contributed by atoms with Gasteiger partial charge in [0, 0.05) is 16.7 Å². The molecule has 26 heavy (non-hydrogen) atoms. The van der Waals surface area contributed by atoms with Crippen LogP contribution in [0.3, 0.4) is 0 Å². The Bertz CT molecular complexity index is 934. The topological polar surface area (TPSA) is 41.1 Å². The summed E-state index contributed by atoms with van der Waals surface area (Å²) in [5, 5.41) is 6.46. The first-order chi connectivity index (χ1) is 12.5. The Morgan fingerprint density at radius 1 is 1.04 bits per heavy atom. The van der Waals surface area contributed by atoms with Crippen LogP contribution in [0.5, 0.6) is 0 Å². The maximum atomic E-state index is 13.4. The number of halogens is 3. The molecule has 0 radical (unpaired) electrons. The summed E-state index contributed by atoms with van der Waals surface area (Å²) < 4.78 is 13.9. The first-order valence-corrected chi connectivity index (χ1v) is 9.04. The van der Waals surface area contributed by atoms with E-state index in [0.29, 0.717) is 21.7 Å². The van der Waals surface area contributed by atoms with Crippen LogP contribution in [0.15, 0.2) is 71.2 Å². The van der Waals surface area contributed by atoms with Crippen LogP contribution in [0.2, 0.25) is 5.02 Å². The molecule has 1 amide bonds. The van der Waals surface area contributed by atoms with E-state index in [1.165, 1.54) is 18.2 Å². The Kier molecular flexibility index (Phi) is 5.91. The first-order valence-electron chi connectivity index (χ1n) is 7.86. The Morgan fingerprint density at radius 3 is 2.54 bits per heavy atom. The summed E-state index contributed by atoms with van der Waals surface area (Å²) in [4.78, 5) is 12.3. The molecule has 0 heterocycles. The van der Waals surface area contributed by atoms with Gasteiger partial charge in [-0.2, -0.15) is 0 Å². The minimum Gasteiger partial charge on any atom is -0.380 e. The smallest absolute Gasteiger partial charge is 0.256 e. The highest BCUT2D eigenvalue weighted by Gasteiger charge is 2.12. The summed E-state index contributed by atoms with van der Waals surface area (Å²) in [5.41, 5.74) is 2.64. The summed E-state index contributed by atoms with van der Waals surface area (Å²) in [6.45, 7) is 0.641. The van der Waals surface area contributed by atoms with Gasteiger partial charge in [0.05, 0.1) is 16.3 Å². The molecular weight excluding hydrogens is 419 g/mol. The summed E-state index contributed by atoms with van der Waals surface area (Å²) in [5.74, 6) is -0.894. The second kappa shape index (κ2) is 8.34. The van der Waals surface area contributed by atoms with Gasteiger partial charge in [0.1, 0.15) is 5.82 Å². The minimum absolute atomic E-state index is 0.215. The predicted molar refractivity (Wildman–Crippen MR) is 107 cm³/mol. The lowest BCUT2D eigenvalue weighted by molar-refractivity contribution is 0.102. The molecule has 0 unspecified atom stereocenters. The molecule has 2 N–H and O–H groups in total. The van der Waals surface area contributed by atoms with Gasteiger partial charge in [-0.05, 0) is 57.9 Å². The van der Waals surface area contributed by atoms with Crippen molar-refractivity contribution in [2.24, 2.45) is 0 Å². The van der Waals surface area contributed by atoms with Crippen molar-refractivity contribution in [3.8, 4) is 0 Å². The molecule has 0 aromatic heterocycles. The maximum absolute atomic E-state index is 13.4. The van der Waals surface area contributed by atoms with E-state index < -0.39 is 11.7 Å². The van der Waals surface area contributed by atoms with Crippen molar-refractivity contribution in [1.29, 1.82) is 0 Å². The largest absolute Gasteiger partial charge is 0.380 e. The number of anilines is 2. The average Bonchev–Trinajstić information content (AvgIpc) is 2.64. The van der Waals surface area contributed by atoms with Crippen LogP contribution in [-0.2, 0) is 6.54 Å². The van der Waals surface area contributed by atoms with Gasteiger partial charge in [-0.3, -0.25) is 4.79 Å². The van der Waals surface area contributed by atoms with E-state index in [9.17, 15) is 9.18 Å². The second-order valence-corrected chi connectivity index (χ2v) is 6.87. The van der Waals surface area contributed by atoms with Crippen molar-refractivity contribution in [3.63, 3.8) is 0 Å². The summed E-state index contributed by atoms with van der Waals surface area (Å²) in [6, 6.07) is 19.1. The van der Waals surface area contributed by atoms with E-state index >= 15 is 0 Å². The van der Waals surface area contributed by atoms with Crippen LogP contribution < -0.4 is 10.6 Å². The molecule has 3 nitrogen and oxygen atoms in total. The van der Waals surface area contributed by atoms with Gasteiger partial charge in [-0.1, -0.05) is 41.9 Å². The molecule has 132 valence electrons. The number of carbonyl (C=O) groups excluding carboxylic acids is 1. The molecule has 0 saturated heterocycles.